The van der Waals surface area contributed by atoms with E-state index >= 15 is 0 Å². The molecule has 0 saturated heterocycles. The summed E-state index contributed by atoms with van der Waals surface area (Å²) >= 11 is 4.54. The number of aromatic nitrogens is 3. The number of urea groups is 1. The Morgan fingerprint density at radius 3 is 2.65 bits per heavy atom. The lowest BCUT2D eigenvalue weighted by atomic mass is 10.3. The van der Waals surface area contributed by atoms with Crippen molar-refractivity contribution in [2.75, 3.05) is 11.1 Å². The minimum Gasteiger partial charge on any atom is -0.308 e. The van der Waals surface area contributed by atoms with Crippen molar-refractivity contribution in [3.05, 3.63) is 35.1 Å². The quantitative estimate of drug-likeness (QED) is 0.756. The monoisotopic (exact) mass is 397 g/mol. The summed E-state index contributed by atoms with van der Waals surface area (Å²) < 4.78 is 2.77. The highest BCUT2D eigenvalue weighted by atomic mass is 79.9. The molecule has 0 fully saturated rings. The van der Waals surface area contributed by atoms with Gasteiger partial charge in [-0.15, -0.1) is 10.2 Å². The van der Waals surface area contributed by atoms with Gasteiger partial charge in [0.05, 0.1) is 5.75 Å². The van der Waals surface area contributed by atoms with Crippen LogP contribution in [0.25, 0.3) is 0 Å². The second-order valence-electron chi connectivity index (χ2n) is 4.91. The Hall–Kier alpha value is -1.87. The summed E-state index contributed by atoms with van der Waals surface area (Å²) in [6.45, 7) is 4.00. The van der Waals surface area contributed by atoms with Crippen LogP contribution in [0.4, 0.5) is 10.5 Å². The van der Waals surface area contributed by atoms with Crippen LogP contribution < -0.4 is 10.6 Å². The summed E-state index contributed by atoms with van der Waals surface area (Å²) in [4.78, 5) is 23.6. The summed E-state index contributed by atoms with van der Waals surface area (Å²) in [5, 5.41) is 13.3. The fourth-order valence-electron chi connectivity index (χ4n) is 1.68. The van der Waals surface area contributed by atoms with E-state index in [2.05, 4.69) is 36.8 Å². The molecule has 1 aromatic heterocycles. The first-order valence-corrected chi connectivity index (χ1v) is 8.62. The third kappa shape index (κ3) is 5.36. The predicted molar refractivity (Wildman–Crippen MR) is 92.4 cm³/mol. The maximum Gasteiger partial charge on any atom is 0.325 e. The molecule has 9 heteroatoms. The van der Waals surface area contributed by atoms with E-state index in [0.29, 0.717) is 10.8 Å². The number of anilines is 1. The molecule has 0 aliphatic heterocycles. The van der Waals surface area contributed by atoms with E-state index in [9.17, 15) is 9.59 Å². The number of benzene rings is 1. The van der Waals surface area contributed by atoms with Crippen molar-refractivity contribution in [1.82, 2.24) is 20.1 Å². The summed E-state index contributed by atoms with van der Waals surface area (Å²) in [6, 6.07) is 6.69. The molecule has 0 spiro atoms. The molecule has 1 heterocycles. The van der Waals surface area contributed by atoms with Gasteiger partial charge in [-0.2, -0.15) is 0 Å². The van der Waals surface area contributed by atoms with Crippen molar-refractivity contribution in [2.45, 2.75) is 25.0 Å². The molecule has 122 valence electrons. The molecule has 0 aliphatic rings. The van der Waals surface area contributed by atoms with Crippen molar-refractivity contribution in [3.8, 4) is 0 Å². The lowest BCUT2D eigenvalue weighted by Gasteiger charge is -2.09. The Morgan fingerprint density at radius 1 is 1.30 bits per heavy atom. The SMILES string of the molecule is CC(C)n1cnnc1SCC(=O)NC(=O)Nc1ccc(Br)cc1. The average molecular weight is 398 g/mol. The van der Waals surface area contributed by atoms with E-state index < -0.39 is 11.9 Å². The summed E-state index contributed by atoms with van der Waals surface area (Å²) in [5.41, 5.74) is 0.603. The highest BCUT2D eigenvalue weighted by molar-refractivity contribution is 9.10. The first kappa shape index (κ1) is 17.5. The highest BCUT2D eigenvalue weighted by Gasteiger charge is 2.12. The molecule has 3 amide bonds. The summed E-state index contributed by atoms with van der Waals surface area (Å²) in [6.07, 6.45) is 1.62. The third-order valence-electron chi connectivity index (χ3n) is 2.78. The Morgan fingerprint density at radius 2 is 2.00 bits per heavy atom. The normalized spacial score (nSPS) is 10.6. The van der Waals surface area contributed by atoms with Gasteiger partial charge in [-0.3, -0.25) is 10.1 Å². The zero-order valence-electron chi connectivity index (χ0n) is 12.6. The molecular weight excluding hydrogens is 382 g/mol. The topological polar surface area (TPSA) is 88.9 Å². The van der Waals surface area contributed by atoms with Crippen molar-refractivity contribution in [3.63, 3.8) is 0 Å². The number of halogens is 1. The molecule has 0 saturated carbocycles. The Bertz CT molecular complexity index is 687. The smallest absolute Gasteiger partial charge is 0.308 e. The van der Waals surface area contributed by atoms with Gasteiger partial charge in [0.1, 0.15) is 6.33 Å². The fourth-order valence-corrected chi connectivity index (χ4v) is 2.79. The number of thioether (sulfide) groups is 1. The molecule has 0 radical (unpaired) electrons. The largest absolute Gasteiger partial charge is 0.325 e. The minimum absolute atomic E-state index is 0.0825. The van der Waals surface area contributed by atoms with Crippen LogP contribution in [0.3, 0.4) is 0 Å². The average Bonchev–Trinajstić information content (AvgIpc) is 2.96. The standard InChI is InChI=1S/C14H16BrN5O2S/c1-9(2)20-8-16-19-14(20)23-7-12(21)18-13(22)17-11-5-3-10(15)4-6-11/h3-6,8-9H,7H2,1-2H3,(H2,17,18,21,22). The van der Waals surface area contributed by atoms with Gasteiger partial charge < -0.3 is 9.88 Å². The van der Waals surface area contributed by atoms with Crippen molar-refractivity contribution in [2.24, 2.45) is 0 Å². The van der Waals surface area contributed by atoms with Gasteiger partial charge >= 0.3 is 6.03 Å². The van der Waals surface area contributed by atoms with Crippen LogP contribution in [0, 0.1) is 0 Å². The maximum atomic E-state index is 11.8. The number of carbonyl (C=O) groups excluding carboxylic acids is 2. The van der Waals surface area contributed by atoms with Gasteiger partial charge in [0.25, 0.3) is 0 Å². The van der Waals surface area contributed by atoms with Gasteiger partial charge in [-0.25, -0.2) is 4.79 Å². The molecule has 0 atom stereocenters. The van der Waals surface area contributed by atoms with E-state index in [-0.39, 0.29) is 11.8 Å². The lowest BCUT2D eigenvalue weighted by Crippen LogP contribution is -2.35. The third-order valence-corrected chi connectivity index (χ3v) is 4.27. The summed E-state index contributed by atoms with van der Waals surface area (Å²) in [7, 11) is 0. The first-order chi connectivity index (χ1) is 11.0. The zero-order valence-corrected chi connectivity index (χ0v) is 15.0. The number of hydrogen-bond donors (Lipinski definition) is 2. The molecule has 7 nitrogen and oxygen atoms in total. The van der Waals surface area contributed by atoms with Crippen LogP contribution in [0.15, 0.2) is 40.2 Å². The van der Waals surface area contributed by atoms with Crippen LogP contribution in [0.5, 0.6) is 0 Å². The van der Waals surface area contributed by atoms with Crippen LogP contribution in [-0.2, 0) is 4.79 Å². The number of nitrogens with zero attached hydrogens (tertiary/aromatic N) is 3. The highest BCUT2D eigenvalue weighted by Crippen LogP contribution is 2.18. The molecule has 1 aromatic carbocycles. The van der Waals surface area contributed by atoms with Crippen LogP contribution in [0.1, 0.15) is 19.9 Å². The Balaban J connectivity index is 1.81. The molecule has 0 unspecified atom stereocenters. The van der Waals surface area contributed by atoms with E-state index in [1.54, 1.807) is 30.6 Å². The minimum atomic E-state index is -0.566. The molecule has 2 N–H and O–H groups in total. The molecule has 0 bridgehead atoms. The lowest BCUT2D eigenvalue weighted by molar-refractivity contribution is -0.117. The number of hydrogen-bond acceptors (Lipinski definition) is 5. The summed E-state index contributed by atoms with van der Waals surface area (Å²) in [5.74, 6) is -0.318. The van der Waals surface area contributed by atoms with Crippen LogP contribution >= 0.6 is 27.7 Å². The predicted octanol–water partition coefficient (Wildman–Crippen LogP) is 3.06. The van der Waals surface area contributed by atoms with Gasteiger partial charge in [0.15, 0.2) is 5.16 Å². The van der Waals surface area contributed by atoms with Crippen molar-refractivity contribution in [1.29, 1.82) is 0 Å². The zero-order chi connectivity index (χ0) is 16.8. The maximum absolute atomic E-state index is 11.8. The molecular formula is C14H16BrN5O2S. The van der Waals surface area contributed by atoms with Gasteiger partial charge in [0.2, 0.25) is 5.91 Å². The van der Waals surface area contributed by atoms with Crippen LogP contribution in [-0.4, -0.2) is 32.5 Å². The number of imide groups is 1. The number of amides is 3. The molecule has 0 aliphatic carbocycles. The van der Waals surface area contributed by atoms with E-state index in [0.717, 1.165) is 4.47 Å². The number of nitrogens with one attached hydrogen (secondary N) is 2. The Kier molecular flexibility index (Phi) is 6.17. The van der Waals surface area contributed by atoms with E-state index in [4.69, 9.17) is 0 Å². The van der Waals surface area contributed by atoms with Gasteiger partial charge in [-0.05, 0) is 38.1 Å². The molecule has 23 heavy (non-hydrogen) atoms. The molecule has 2 aromatic rings. The first-order valence-electron chi connectivity index (χ1n) is 6.84. The number of carbonyl (C=O) groups is 2. The van der Waals surface area contributed by atoms with E-state index in [1.807, 2.05) is 18.4 Å². The second kappa shape index (κ2) is 8.11. The number of rotatable bonds is 5. The van der Waals surface area contributed by atoms with Gasteiger partial charge in [0, 0.05) is 16.2 Å². The van der Waals surface area contributed by atoms with Gasteiger partial charge in [-0.1, -0.05) is 27.7 Å². The van der Waals surface area contributed by atoms with Crippen LogP contribution in [0.2, 0.25) is 0 Å². The fraction of sp³-hybridized carbons (Fsp3) is 0.286. The Labute approximate surface area is 146 Å². The second-order valence-corrected chi connectivity index (χ2v) is 6.77. The van der Waals surface area contributed by atoms with Crippen molar-refractivity contribution >= 4 is 45.3 Å². The van der Waals surface area contributed by atoms with E-state index in [1.165, 1.54) is 11.8 Å². The molecule has 2 rings (SSSR count). The van der Waals surface area contributed by atoms with Crippen molar-refractivity contribution < 1.29 is 9.59 Å².